The molecule has 1 heterocycles. The van der Waals surface area contributed by atoms with Gasteiger partial charge in [-0.15, -0.1) is 0 Å². The van der Waals surface area contributed by atoms with Crippen LogP contribution in [-0.4, -0.2) is 38.4 Å². The largest absolute Gasteiger partial charge is 0.497 e. The molecule has 0 radical (unpaired) electrons. The summed E-state index contributed by atoms with van der Waals surface area (Å²) in [6, 6.07) is 10.1. The van der Waals surface area contributed by atoms with Gasteiger partial charge in [0.25, 0.3) is 5.91 Å². The summed E-state index contributed by atoms with van der Waals surface area (Å²) >= 11 is 1.27. The minimum Gasteiger partial charge on any atom is -0.497 e. The van der Waals surface area contributed by atoms with Gasteiger partial charge in [-0.05, 0) is 18.2 Å². The summed E-state index contributed by atoms with van der Waals surface area (Å²) in [5, 5.41) is 0. The zero-order chi connectivity index (χ0) is 20.1. The van der Waals surface area contributed by atoms with Crippen LogP contribution in [0.4, 0.5) is 4.39 Å². The second-order valence-corrected chi connectivity index (χ2v) is 6.98. The van der Waals surface area contributed by atoms with E-state index in [4.69, 9.17) is 14.2 Å². The Balaban J connectivity index is 1.98. The van der Waals surface area contributed by atoms with Crippen LogP contribution in [0.1, 0.15) is 5.56 Å². The van der Waals surface area contributed by atoms with Crippen molar-refractivity contribution < 1.29 is 23.4 Å². The Labute approximate surface area is 165 Å². The van der Waals surface area contributed by atoms with E-state index in [1.807, 2.05) is 6.07 Å². The third kappa shape index (κ3) is 4.23. The van der Waals surface area contributed by atoms with Crippen molar-refractivity contribution in [2.24, 2.45) is 4.99 Å². The van der Waals surface area contributed by atoms with Crippen molar-refractivity contribution in [1.29, 1.82) is 0 Å². The quantitative estimate of drug-likeness (QED) is 0.607. The van der Waals surface area contributed by atoms with Gasteiger partial charge >= 0.3 is 0 Å². The van der Waals surface area contributed by atoms with Crippen LogP contribution in [0.2, 0.25) is 0 Å². The number of para-hydroxylation sites is 1. The molecular formula is C20H21FN2O4S. The highest BCUT2D eigenvalue weighted by atomic mass is 32.1. The predicted octanol–water partition coefficient (Wildman–Crippen LogP) is 3.18. The summed E-state index contributed by atoms with van der Waals surface area (Å²) in [6.07, 6.45) is 0.0637. The maximum absolute atomic E-state index is 14.3. The zero-order valence-electron chi connectivity index (χ0n) is 15.9. The van der Waals surface area contributed by atoms with Crippen molar-refractivity contribution >= 4 is 27.5 Å². The molecule has 3 aromatic rings. The second-order valence-electron chi connectivity index (χ2n) is 5.98. The van der Waals surface area contributed by atoms with E-state index in [0.29, 0.717) is 40.5 Å². The molecule has 0 aliphatic rings. The Morgan fingerprint density at radius 2 is 2.00 bits per heavy atom. The normalized spacial score (nSPS) is 11.8. The molecule has 6 nitrogen and oxygen atoms in total. The number of amides is 1. The lowest BCUT2D eigenvalue weighted by Gasteiger charge is -2.09. The third-order valence-corrected chi connectivity index (χ3v) is 5.27. The Bertz CT molecular complexity index is 1060. The fourth-order valence-electron chi connectivity index (χ4n) is 2.87. The van der Waals surface area contributed by atoms with Crippen molar-refractivity contribution in [1.82, 2.24) is 4.57 Å². The minimum atomic E-state index is -0.351. The van der Waals surface area contributed by atoms with E-state index in [9.17, 15) is 9.18 Å². The molecule has 1 amide bonds. The molecule has 0 aliphatic heterocycles. The van der Waals surface area contributed by atoms with E-state index in [1.165, 1.54) is 24.5 Å². The number of rotatable bonds is 7. The molecule has 3 rings (SSSR count). The number of nitrogens with zero attached hydrogens (tertiary/aromatic N) is 2. The Morgan fingerprint density at radius 1 is 1.18 bits per heavy atom. The lowest BCUT2D eigenvalue weighted by molar-refractivity contribution is -0.117. The summed E-state index contributed by atoms with van der Waals surface area (Å²) in [4.78, 5) is 17.3. The molecule has 1 aromatic heterocycles. The molecule has 148 valence electrons. The molecule has 0 bridgehead atoms. The third-order valence-electron chi connectivity index (χ3n) is 4.23. The topological polar surface area (TPSA) is 62.1 Å². The molecule has 2 aromatic carbocycles. The van der Waals surface area contributed by atoms with Crippen LogP contribution in [0, 0.1) is 5.82 Å². The highest BCUT2D eigenvalue weighted by Gasteiger charge is 2.13. The lowest BCUT2D eigenvalue weighted by atomic mass is 10.1. The second kappa shape index (κ2) is 8.99. The molecular weight excluding hydrogens is 383 g/mol. The molecule has 0 saturated carbocycles. The number of fused-ring (bicyclic) bond motifs is 1. The predicted molar refractivity (Wildman–Crippen MR) is 105 cm³/mol. The van der Waals surface area contributed by atoms with Crippen LogP contribution < -0.4 is 14.3 Å². The first-order chi connectivity index (χ1) is 13.6. The number of halogens is 1. The van der Waals surface area contributed by atoms with E-state index < -0.39 is 0 Å². The van der Waals surface area contributed by atoms with Crippen molar-refractivity contribution in [2.45, 2.75) is 13.0 Å². The number of methoxy groups -OCH3 is 3. The first-order valence-corrected chi connectivity index (χ1v) is 9.44. The summed E-state index contributed by atoms with van der Waals surface area (Å²) < 4.78 is 32.4. The number of aromatic nitrogens is 1. The minimum absolute atomic E-state index is 0.0637. The van der Waals surface area contributed by atoms with E-state index >= 15 is 0 Å². The standard InChI is InChI=1S/C20H21FN2O4S/c1-25-10-9-23-19-15(21)5-4-6-17(19)28-20(23)22-18(24)11-13-7-8-14(26-2)12-16(13)27-3/h4-8,12H,9-11H2,1-3H3. The summed E-state index contributed by atoms with van der Waals surface area (Å²) in [6.45, 7) is 0.781. The van der Waals surface area contributed by atoms with Crippen molar-refractivity contribution in [3.05, 3.63) is 52.6 Å². The fraction of sp³-hybridized carbons (Fsp3) is 0.300. The summed E-state index contributed by atoms with van der Waals surface area (Å²) in [5.74, 6) is 0.497. The molecule has 0 aliphatic carbocycles. The maximum atomic E-state index is 14.3. The average Bonchev–Trinajstić information content (AvgIpc) is 3.04. The first kappa shape index (κ1) is 20.0. The van der Waals surface area contributed by atoms with Crippen LogP contribution in [-0.2, 0) is 22.5 Å². The van der Waals surface area contributed by atoms with Gasteiger partial charge in [-0.1, -0.05) is 23.5 Å². The van der Waals surface area contributed by atoms with E-state index in [1.54, 1.807) is 43.1 Å². The molecule has 0 spiro atoms. The molecule has 28 heavy (non-hydrogen) atoms. The van der Waals surface area contributed by atoms with Crippen molar-refractivity contribution in [3.8, 4) is 11.5 Å². The van der Waals surface area contributed by atoms with Crippen LogP contribution in [0.3, 0.4) is 0 Å². The van der Waals surface area contributed by atoms with Gasteiger partial charge in [0, 0.05) is 25.3 Å². The Morgan fingerprint density at radius 3 is 2.71 bits per heavy atom. The SMILES string of the molecule is COCCn1c(=NC(=O)Cc2ccc(OC)cc2OC)sc2cccc(F)c21. The summed E-state index contributed by atoms with van der Waals surface area (Å²) in [5.41, 5.74) is 1.13. The number of ether oxygens (including phenoxy) is 3. The first-order valence-electron chi connectivity index (χ1n) is 8.62. The Hall–Kier alpha value is -2.71. The highest BCUT2D eigenvalue weighted by molar-refractivity contribution is 7.16. The van der Waals surface area contributed by atoms with Crippen LogP contribution in [0.15, 0.2) is 41.4 Å². The smallest absolute Gasteiger partial charge is 0.252 e. The lowest BCUT2D eigenvalue weighted by Crippen LogP contribution is -2.20. The highest BCUT2D eigenvalue weighted by Crippen LogP contribution is 2.25. The number of hydrogen-bond acceptors (Lipinski definition) is 5. The molecule has 0 atom stereocenters. The van der Waals surface area contributed by atoms with Gasteiger partial charge < -0.3 is 18.8 Å². The zero-order valence-corrected chi connectivity index (χ0v) is 16.7. The van der Waals surface area contributed by atoms with Gasteiger partial charge in [-0.25, -0.2) is 4.39 Å². The molecule has 8 heteroatoms. The molecule has 0 N–H and O–H groups in total. The van der Waals surface area contributed by atoms with Crippen LogP contribution in [0.25, 0.3) is 10.2 Å². The van der Waals surface area contributed by atoms with Gasteiger partial charge in [0.1, 0.15) is 17.3 Å². The number of carbonyl (C=O) groups is 1. The van der Waals surface area contributed by atoms with E-state index in [2.05, 4.69) is 4.99 Å². The van der Waals surface area contributed by atoms with E-state index in [-0.39, 0.29) is 18.1 Å². The van der Waals surface area contributed by atoms with Gasteiger partial charge in [0.05, 0.1) is 37.5 Å². The number of carbonyl (C=O) groups excluding carboxylic acids is 1. The summed E-state index contributed by atoms with van der Waals surface area (Å²) in [7, 11) is 4.67. The van der Waals surface area contributed by atoms with Gasteiger partial charge in [0.15, 0.2) is 4.80 Å². The fourth-order valence-corrected chi connectivity index (χ4v) is 3.96. The average molecular weight is 404 g/mol. The van der Waals surface area contributed by atoms with Crippen molar-refractivity contribution in [3.63, 3.8) is 0 Å². The van der Waals surface area contributed by atoms with Gasteiger partial charge in [-0.2, -0.15) is 4.99 Å². The van der Waals surface area contributed by atoms with Crippen LogP contribution >= 0.6 is 11.3 Å². The number of thiazole rings is 1. The number of hydrogen-bond donors (Lipinski definition) is 0. The van der Waals surface area contributed by atoms with Gasteiger partial charge in [0.2, 0.25) is 0 Å². The number of benzene rings is 2. The molecule has 0 unspecified atom stereocenters. The Kier molecular flexibility index (Phi) is 6.43. The monoisotopic (exact) mass is 404 g/mol. The van der Waals surface area contributed by atoms with E-state index in [0.717, 1.165) is 4.70 Å². The van der Waals surface area contributed by atoms with Gasteiger partial charge in [-0.3, -0.25) is 4.79 Å². The van der Waals surface area contributed by atoms with Crippen LogP contribution in [0.5, 0.6) is 11.5 Å². The molecule has 0 saturated heterocycles. The van der Waals surface area contributed by atoms with Crippen molar-refractivity contribution in [2.75, 3.05) is 27.9 Å². The molecule has 0 fully saturated rings. The maximum Gasteiger partial charge on any atom is 0.252 e.